The van der Waals surface area contributed by atoms with Gasteiger partial charge in [0.1, 0.15) is 5.82 Å². The predicted octanol–water partition coefficient (Wildman–Crippen LogP) is 11.2. The van der Waals surface area contributed by atoms with Crippen molar-refractivity contribution >= 4 is 22.8 Å². The number of anilines is 1. The second-order valence-electron chi connectivity index (χ2n) is 13.4. The molecular formula is C40H59N5O. The Morgan fingerprint density at radius 2 is 1.74 bits per heavy atom. The van der Waals surface area contributed by atoms with Gasteiger partial charge in [-0.1, -0.05) is 98.1 Å². The number of hydrogen-bond donors (Lipinski definition) is 0. The molecule has 0 saturated carbocycles. The molecule has 0 aliphatic carbocycles. The van der Waals surface area contributed by atoms with Crippen LogP contribution >= 0.6 is 0 Å². The number of unbranched alkanes of at least 4 members (excludes halogenated alkanes) is 6. The molecule has 0 radical (unpaired) electrons. The van der Waals surface area contributed by atoms with Crippen LogP contribution in [0.25, 0.3) is 11.2 Å². The molecule has 2 aliphatic heterocycles. The fourth-order valence-corrected chi connectivity index (χ4v) is 6.74. The largest absolute Gasteiger partial charge is 0.439 e. The Labute approximate surface area is 278 Å². The van der Waals surface area contributed by atoms with Gasteiger partial charge in [0, 0.05) is 43.9 Å². The standard InChI is InChI=1S/C33H43N5O.C7H16/c1-6-8-10-25-15-17-38(21-25)33-28(20-31-32(37-33)35-24(5)39-31)26(11-9-7-2)18-22(3)29-12-13-30(36-29)27-14-16-34-23(4)19-27;1-3-5-7-6-4-2/h12,14,16,19-20,25-26H,3,6-11,13,15,17-18,21H2,1-2,4-5H3;3-7H2,1-2H3. The number of hydrogen-bond acceptors (Lipinski definition) is 6. The first kappa shape index (κ1) is 35.6. The summed E-state index contributed by atoms with van der Waals surface area (Å²) in [5.41, 5.74) is 8.15. The van der Waals surface area contributed by atoms with Crippen LogP contribution in [0.1, 0.15) is 146 Å². The van der Waals surface area contributed by atoms with Gasteiger partial charge in [0.15, 0.2) is 11.5 Å². The van der Waals surface area contributed by atoms with Crippen molar-refractivity contribution in [1.29, 1.82) is 0 Å². The average Bonchev–Trinajstić information content (AvgIpc) is 3.81. The van der Waals surface area contributed by atoms with E-state index in [1.807, 2.05) is 26.1 Å². The molecule has 0 amide bonds. The first-order valence-electron chi connectivity index (χ1n) is 18.3. The number of oxazole rings is 1. The normalized spacial score (nSPS) is 16.7. The lowest BCUT2D eigenvalue weighted by molar-refractivity contribution is 0.509. The van der Waals surface area contributed by atoms with Crippen LogP contribution in [0.4, 0.5) is 5.82 Å². The Kier molecular flexibility index (Phi) is 14.0. The lowest BCUT2D eigenvalue weighted by Crippen LogP contribution is -2.23. The van der Waals surface area contributed by atoms with E-state index in [1.54, 1.807) is 0 Å². The third-order valence-electron chi connectivity index (χ3n) is 9.43. The Morgan fingerprint density at radius 3 is 2.46 bits per heavy atom. The summed E-state index contributed by atoms with van der Waals surface area (Å²) in [4.78, 5) is 21.6. The highest BCUT2D eigenvalue weighted by molar-refractivity contribution is 6.03. The number of allylic oxidation sites excluding steroid dienone is 2. The van der Waals surface area contributed by atoms with E-state index in [9.17, 15) is 0 Å². The van der Waals surface area contributed by atoms with Crippen LogP contribution in [-0.2, 0) is 0 Å². The van der Waals surface area contributed by atoms with Crippen LogP contribution in [-0.4, -0.2) is 33.8 Å². The van der Waals surface area contributed by atoms with Gasteiger partial charge in [0.25, 0.3) is 0 Å². The third kappa shape index (κ3) is 9.86. The number of aliphatic imine (C=N–C) groups is 1. The summed E-state index contributed by atoms with van der Waals surface area (Å²) < 4.78 is 5.98. The molecule has 2 unspecified atom stereocenters. The molecule has 2 atom stereocenters. The fourth-order valence-electron chi connectivity index (χ4n) is 6.74. The molecule has 0 spiro atoms. The van der Waals surface area contributed by atoms with E-state index < -0.39 is 0 Å². The third-order valence-corrected chi connectivity index (χ3v) is 9.43. The highest BCUT2D eigenvalue weighted by atomic mass is 16.3. The maximum atomic E-state index is 5.98. The summed E-state index contributed by atoms with van der Waals surface area (Å²) in [6.07, 6.45) is 21.3. The molecule has 3 aromatic rings. The quantitative estimate of drug-likeness (QED) is 0.148. The van der Waals surface area contributed by atoms with Crippen molar-refractivity contribution in [3.63, 3.8) is 0 Å². The number of fused-ring (bicyclic) bond motifs is 1. The fraction of sp³-hybridized carbons (Fsp3) is 0.600. The summed E-state index contributed by atoms with van der Waals surface area (Å²) in [5, 5.41) is 0. The Balaban J connectivity index is 0.000000617. The van der Waals surface area contributed by atoms with E-state index in [-0.39, 0.29) is 0 Å². The summed E-state index contributed by atoms with van der Waals surface area (Å²) >= 11 is 0. The van der Waals surface area contributed by atoms with Crippen molar-refractivity contribution in [3.05, 3.63) is 71.0 Å². The van der Waals surface area contributed by atoms with Crippen LogP contribution < -0.4 is 4.90 Å². The smallest absolute Gasteiger partial charge is 0.200 e. The highest BCUT2D eigenvalue weighted by Crippen LogP contribution is 2.40. The van der Waals surface area contributed by atoms with Gasteiger partial charge >= 0.3 is 0 Å². The van der Waals surface area contributed by atoms with E-state index in [1.165, 1.54) is 63.4 Å². The van der Waals surface area contributed by atoms with Crippen molar-refractivity contribution in [2.75, 3.05) is 18.0 Å². The van der Waals surface area contributed by atoms with Gasteiger partial charge in [-0.2, -0.15) is 4.98 Å². The number of rotatable bonds is 16. The monoisotopic (exact) mass is 625 g/mol. The van der Waals surface area contributed by atoms with Crippen LogP contribution in [0.5, 0.6) is 0 Å². The number of aryl methyl sites for hydroxylation is 2. The molecule has 1 fully saturated rings. The van der Waals surface area contributed by atoms with E-state index in [2.05, 4.69) is 67.4 Å². The Hall–Kier alpha value is -3.28. The van der Waals surface area contributed by atoms with E-state index in [0.717, 1.165) is 96.4 Å². The molecule has 5 rings (SSSR count). The first-order valence-corrected chi connectivity index (χ1v) is 18.3. The minimum Gasteiger partial charge on any atom is -0.439 e. The van der Waals surface area contributed by atoms with Crippen LogP contribution in [0.2, 0.25) is 0 Å². The number of aromatic nitrogens is 3. The summed E-state index contributed by atoms with van der Waals surface area (Å²) in [6.45, 7) is 19.6. The van der Waals surface area contributed by atoms with Crippen LogP contribution in [0.15, 0.2) is 57.7 Å². The SMILES string of the molecule is C=C(CC(CCCC)c1cc2oc(C)nc2nc1N1CCC(CCCC)C1)C1=CCC(c2ccnc(C)c2)=N1.CCCCCCC. The van der Waals surface area contributed by atoms with Crippen LogP contribution in [0.3, 0.4) is 0 Å². The van der Waals surface area contributed by atoms with E-state index in [0.29, 0.717) is 11.8 Å². The van der Waals surface area contributed by atoms with Crippen molar-refractivity contribution in [3.8, 4) is 0 Å². The van der Waals surface area contributed by atoms with Crippen molar-refractivity contribution in [2.24, 2.45) is 10.9 Å². The molecule has 5 heterocycles. The molecule has 6 nitrogen and oxygen atoms in total. The van der Waals surface area contributed by atoms with Gasteiger partial charge in [0.05, 0.1) is 11.4 Å². The predicted molar refractivity (Wildman–Crippen MR) is 195 cm³/mol. The lowest BCUT2D eigenvalue weighted by Gasteiger charge is -2.26. The molecular weight excluding hydrogens is 566 g/mol. The molecule has 1 saturated heterocycles. The first-order chi connectivity index (χ1) is 22.4. The number of nitrogens with zero attached hydrogens (tertiary/aromatic N) is 5. The van der Waals surface area contributed by atoms with Gasteiger partial charge in [-0.3, -0.25) is 9.98 Å². The minimum atomic E-state index is 0.299. The average molecular weight is 626 g/mol. The summed E-state index contributed by atoms with van der Waals surface area (Å²) in [7, 11) is 0. The molecule has 250 valence electrons. The van der Waals surface area contributed by atoms with Crippen molar-refractivity contribution < 1.29 is 4.42 Å². The van der Waals surface area contributed by atoms with Crippen molar-refractivity contribution in [1.82, 2.24) is 15.0 Å². The highest BCUT2D eigenvalue weighted by Gasteiger charge is 2.29. The maximum absolute atomic E-state index is 5.98. The second-order valence-corrected chi connectivity index (χ2v) is 13.4. The van der Waals surface area contributed by atoms with E-state index >= 15 is 0 Å². The lowest BCUT2D eigenvalue weighted by atomic mass is 9.87. The second kappa shape index (κ2) is 18.2. The van der Waals surface area contributed by atoms with Crippen molar-refractivity contribution in [2.45, 2.75) is 137 Å². The molecule has 0 aromatic carbocycles. The Morgan fingerprint density at radius 1 is 0.978 bits per heavy atom. The molecule has 6 heteroatoms. The van der Waals surface area contributed by atoms with Gasteiger partial charge in [-0.15, -0.1) is 0 Å². The van der Waals surface area contributed by atoms with Gasteiger partial charge in [0.2, 0.25) is 5.65 Å². The zero-order valence-corrected chi connectivity index (χ0v) is 29.7. The molecule has 0 N–H and O–H groups in total. The van der Waals surface area contributed by atoms with Crippen LogP contribution in [0, 0.1) is 19.8 Å². The van der Waals surface area contributed by atoms with Gasteiger partial charge in [-0.25, -0.2) is 4.98 Å². The maximum Gasteiger partial charge on any atom is 0.200 e. The summed E-state index contributed by atoms with van der Waals surface area (Å²) in [5.74, 6) is 2.81. The molecule has 2 aliphatic rings. The molecule has 0 bridgehead atoms. The molecule has 46 heavy (non-hydrogen) atoms. The molecule has 3 aromatic heterocycles. The topological polar surface area (TPSA) is 67.4 Å². The van der Waals surface area contributed by atoms with Gasteiger partial charge in [-0.05, 0) is 73.8 Å². The minimum absolute atomic E-state index is 0.299. The zero-order chi connectivity index (χ0) is 32.9. The Bertz CT molecular complexity index is 1460. The summed E-state index contributed by atoms with van der Waals surface area (Å²) in [6, 6.07) is 6.38. The van der Waals surface area contributed by atoms with Gasteiger partial charge < -0.3 is 9.32 Å². The van der Waals surface area contributed by atoms with E-state index in [4.69, 9.17) is 14.4 Å². The zero-order valence-electron chi connectivity index (χ0n) is 29.7. The number of pyridine rings is 2.